The summed E-state index contributed by atoms with van der Waals surface area (Å²) < 4.78 is 1.21. The summed E-state index contributed by atoms with van der Waals surface area (Å²) in [5.41, 5.74) is 6.41. The van der Waals surface area contributed by atoms with Crippen LogP contribution in [0.2, 0.25) is 0 Å². The molecule has 0 spiro atoms. The molecule has 1 heterocycles. The molecule has 1 unspecified atom stereocenters. The Bertz CT molecular complexity index is 353. The summed E-state index contributed by atoms with van der Waals surface area (Å²) in [5.74, 6) is 1.59. The summed E-state index contributed by atoms with van der Waals surface area (Å²) in [7, 11) is 0. The number of hydrogen-bond donors (Lipinski definition) is 1. The summed E-state index contributed by atoms with van der Waals surface area (Å²) >= 11 is 5.47. The lowest BCUT2D eigenvalue weighted by Gasteiger charge is -2.30. The van der Waals surface area contributed by atoms with Gasteiger partial charge in [0.15, 0.2) is 0 Å². The van der Waals surface area contributed by atoms with Gasteiger partial charge in [0.05, 0.1) is 0 Å². The maximum Gasteiger partial charge on any atom is 0.0429 e. The summed E-state index contributed by atoms with van der Waals surface area (Å²) in [6.45, 7) is 4.50. The van der Waals surface area contributed by atoms with Crippen molar-refractivity contribution in [2.75, 3.05) is 0 Å². The molecule has 1 atom stereocenters. The molecule has 1 aromatic rings. The van der Waals surface area contributed by atoms with Gasteiger partial charge >= 0.3 is 0 Å². The Kier molecular flexibility index (Phi) is 4.09. The van der Waals surface area contributed by atoms with Gasteiger partial charge in [-0.15, -0.1) is 11.3 Å². The first-order chi connectivity index (χ1) is 7.58. The van der Waals surface area contributed by atoms with Crippen LogP contribution in [0.15, 0.2) is 10.5 Å². The van der Waals surface area contributed by atoms with E-state index in [-0.39, 0.29) is 6.04 Å². The van der Waals surface area contributed by atoms with Crippen LogP contribution in [0.4, 0.5) is 0 Å². The fourth-order valence-corrected chi connectivity index (χ4v) is 4.60. The van der Waals surface area contributed by atoms with Crippen molar-refractivity contribution in [1.29, 1.82) is 0 Å². The number of halogens is 1. The molecule has 1 aliphatic rings. The molecule has 1 aliphatic carbocycles. The van der Waals surface area contributed by atoms with E-state index in [0.29, 0.717) is 5.92 Å². The van der Waals surface area contributed by atoms with Crippen molar-refractivity contribution in [3.8, 4) is 0 Å². The Morgan fingerprint density at radius 1 is 1.38 bits per heavy atom. The zero-order valence-electron chi connectivity index (χ0n) is 10.0. The molecule has 3 heteroatoms. The van der Waals surface area contributed by atoms with Crippen LogP contribution in [0, 0.1) is 18.8 Å². The molecule has 1 saturated carbocycles. The number of nitrogens with two attached hydrogens (primary N) is 1. The van der Waals surface area contributed by atoms with Crippen LogP contribution in [-0.4, -0.2) is 0 Å². The topological polar surface area (TPSA) is 26.0 Å². The molecule has 2 N–H and O–H groups in total. The maximum absolute atomic E-state index is 6.41. The first-order valence-electron chi connectivity index (χ1n) is 6.09. The van der Waals surface area contributed by atoms with Gasteiger partial charge in [0.1, 0.15) is 0 Å². The molecule has 0 aliphatic heterocycles. The van der Waals surface area contributed by atoms with Crippen LogP contribution in [0.1, 0.15) is 48.4 Å². The lowest BCUT2D eigenvalue weighted by atomic mass is 9.79. The van der Waals surface area contributed by atoms with Gasteiger partial charge in [-0.1, -0.05) is 19.8 Å². The van der Waals surface area contributed by atoms with Crippen LogP contribution in [0.3, 0.4) is 0 Å². The van der Waals surface area contributed by atoms with E-state index in [1.165, 1.54) is 39.9 Å². The molecular formula is C13H20BrNS. The maximum atomic E-state index is 6.41. The molecule has 0 amide bonds. The van der Waals surface area contributed by atoms with Gasteiger partial charge in [-0.3, -0.25) is 0 Å². The third-order valence-corrected chi connectivity index (χ3v) is 5.78. The minimum Gasteiger partial charge on any atom is -0.323 e. The second kappa shape index (κ2) is 5.19. The summed E-state index contributed by atoms with van der Waals surface area (Å²) in [4.78, 5) is 2.69. The first kappa shape index (κ1) is 12.6. The van der Waals surface area contributed by atoms with Gasteiger partial charge in [0.2, 0.25) is 0 Å². The molecule has 0 saturated heterocycles. The number of rotatable bonds is 2. The second-order valence-corrected chi connectivity index (χ2v) is 7.26. The number of thiophene rings is 1. The Hall–Kier alpha value is 0.140. The zero-order valence-corrected chi connectivity index (χ0v) is 12.4. The minimum absolute atomic E-state index is 0.237. The van der Waals surface area contributed by atoms with Crippen molar-refractivity contribution in [3.05, 3.63) is 20.3 Å². The predicted molar refractivity (Wildman–Crippen MR) is 74.8 cm³/mol. The van der Waals surface area contributed by atoms with Crippen molar-refractivity contribution < 1.29 is 0 Å². The molecule has 0 aromatic carbocycles. The molecule has 1 nitrogen and oxygen atoms in total. The van der Waals surface area contributed by atoms with Gasteiger partial charge in [-0.25, -0.2) is 0 Å². The van der Waals surface area contributed by atoms with Crippen molar-refractivity contribution in [1.82, 2.24) is 0 Å². The SMILES string of the molecule is Cc1cc(Br)c(C(N)C2CCC(C)CC2)s1. The summed E-state index contributed by atoms with van der Waals surface area (Å²) in [5, 5.41) is 0. The largest absolute Gasteiger partial charge is 0.323 e. The Morgan fingerprint density at radius 2 is 2.00 bits per heavy atom. The molecule has 1 aromatic heterocycles. The predicted octanol–water partition coefficient (Wildman–Crippen LogP) is 4.65. The third kappa shape index (κ3) is 2.69. The molecule has 16 heavy (non-hydrogen) atoms. The average molecular weight is 302 g/mol. The molecular weight excluding hydrogens is 282 g/mol. The number of aryl methyl sites for hydroxylation is 1. The van der Waals surface area contributed by atoms with Gasteiger partial charge in [0.25, 0.3) is 0 Å². The molecule has 1 fully saturated rings. The minimum atomic E-state index is 0.237. The van der Waals surface area contributed by atoms with E-state index in [1.54, 1.807) is 0 Å². The van der Waals surface area contributed by atoms with Gasteiger partial charge < -0.3 is 5.73 Å². The highest BCUT2D eigenvalue weighted by atomic mass is 79.9. The fraction of sp³-hybridized carbons (Fsp3) is 0.692. The van der Waals surface area contributed by atoms with E-state index in [4.69, 9.17) is 5.73 Å². The highest BCUT2D eigenvalue weighted by Crippen LogP contribution is 2.40. The van der Waals surface area contributed by atoms with Crippen LogP contribution in [-0.2, 0) is 0 Å². The number of hydrogen-bond acceptors (Lipinski definition) is 2. The Balaban J connectivity index is 2.07. The van der Waals surface area contributed by atoms with Crippen LogP contribution >= 0.6 is 27.3 Å². The van der Waals surface area contributed by atoms with Crippen molar-refractivity contribution >= 4 is 27.3 Å². The fourth-order valence-electron chi connectivity index (χ4n) is 2.59. The summed E-state index contributed by atoms with van der Waals surface area (Å²) in [6, 6.07) is 2.42. The summed E-state index contributed by atoms with van der Waals surface area (Å²) in [6.07, 6.45) is 5.29. The van der Waals surface area contributed by atoms with E-state index in [1.807, 2.05) is 11.3 Å². The highest BCUT2D eigenvalue weighted by molar-refractivity contribution is 9.10. The molecule has 2 rings (SSSR count). The van der Waals surface area contributed by atoms with Crippen LogP contribution in [0.5, 0.6) is 0 Å². The van der Waals surface area contributed by atoms with E-state index in [9.17, 15) is 0 Å². The molecule has 90 valence electrons. The zero-order chi connectivity index (χ0) is 11.7. The lowest BCUT2D eigenvalue weighted by molar-refractivity contribution is 0.257. The Morgan fingerprint density at radius 3 is 2.50 bits per heavy atom. The monoisotopic (exact) mass is 301 g/mol. The van der Waals surface area contributed by atoms with E-state index in [0.717, 1.165) is 5.92 Å². The normalized spacial score (nSPS) is 28.0. The second-order valence-electron chi connectivity index (χ2n) is 5.11. The lowest BCUT2D eigenvalue weighted by Crippen LogP contribution is -2.25. The van der Waals surface area contributed by atoms with Gasteiger partial charge in [-0.05, 0) is 53.6 Å². The smallest absolute Gasteiger partial charge is 0.0429 e. The van der Waals surface area contributed by atoms with Gasteiger partial charge in [-0.2, -0.15) is 0 Å². The van der Waals surface area contributed by atoms with E-state index >= 15 is 0 Å². The third-order valence-electron chi connectivity index (χ3n) is 3.71. The standard InChI is InChI=1S/C13H20BrNS/c1-8-3-5-10(6-4-8)12(15)13-11(14)7-9(2)16-13/h7-8,10,12H,3-6,15H2,1-2H3. The van der Waals surface area contributed by atoms with Crippen molar-refractivity contribution in [2.45, 2.75) is 45.6 Å². The highest BCUT2D eigenvalue weighted by Gasteiger charge is 2.26. The first-order valence-corrected chi connectivity index (χ1v) is 7.70. The van der Waals surface area contributed by atoms with E-state index < -0.39 is 0 Å². The molecule has 0 bridgehead atoms. The van der Waals surface area contributed by atoms with Crippen molar-refractivity contribution in [3.63, 3.8) is 0 Å². The quantitative estimate of drug-likeness (QED) is 0.846. The van der Waals surface area contributed by atoms with Crippen LogP contribution < -0.4 is 5.73 Å². The van der Waals surface area contributed by atoms with E-state index in [2.05, 4.69) is 35.8 Å². The average Bonchev–Trinajstić information content (AvgIpc) is 2.58. The van der Waals surface area contributed by atoms with Crippen LogP contribution in [0.25, 0.3) is 0 Å². The molecule has 0 radical (unpaired) electrons. The van der Waals surface area contributed by atoms with Crippen molar-refractivity contribution in [2.24, 2.45) is 17.6 Å². The Labute approximate surface area is 111 Å². The van der Waals surface area contributed by atoms with Gasteiger partial charge in [0, 0.05) is 20.3 Å².